The Labute approximate surface area is 97.7 Å². The molecule has 2 amide bonds. The highest BCUT2D eigenvalue weighted by molar-refractivity contribution is 6.18. The number of cyclic esters (lactones) is 1. The van der Waals surface area contributed by atoms with Gasteiger partial charge in [-0.25, -0.2) is 9.69 Å². The third kappa shape index (κ3) is 2.02. The van der Waals surface area contributed by atoms with Gasteiger partial charge in [0.05, 0.1) is 12.4 Å². The molecule has 16 heavy (non-hydrogen) atoms. The summed E-state index contributed by atoms with van der Waals surface area (Å²) in [4.78, 5) is 24.4. The van der Waals surface area contributed by atoms with Crippen LogP contribution in [-0.4, -0.2) is 35.4 Å². The number of nitrogens with zero attached hydrogens (tertiary/aromatic N) is 1. The number of imide groups is 1. The van der Waals surface area contributed by atoms with Gasteiger partial charge in [0.25, 0.3) is 5.91 Å². The summed E-state index contributed by atoms with van der Waals surface area (Å²) in [7, 11) is 0. The van der Waals surface area contributed by atoms with Gasteiger partial charge in [-0.3, -0.25) is 4.79 Å². The smallest absolute Gasteiger partial charge is 0.417 e. The number of carbonyl (C=O) groups is 2. The van der Waals surface area contributed by atoms with E-state index >= 15 is 0 Å². The third-order valence-corrected chi connectivity index (χ3v) is 2.66. The average Bonchev–Trinajstić information content (AvgIpc) is 2.71. The van der Waals surface area contributed by atoms with Crippen molar-refractivity contribution in [2.75, 3.05) is 12.4 Å². The van der Waals surface area contributed by atoms with Crippen LogP contribution in [0.4, 0.5) is 4.79 Å². The number of amides is 2. The Morgan fingerprint density at radius 1 is 1.44 bits per heavy atom. The second-order valence-electron chi connectivity index (χ2n) is 3.44. The molecule has 1 fully saturated rings. The first-order chi connectivity index (χ1) is 7.72. The van der Waals surface area contributed by atoms with Crippen molar-refractivity contribution < 1.29 is 14.3 Å². The average molecular weight is 240 g/mol. The fourth-order valence-corrected chi connectivity index (χ4v) is 1.66. The van der Waals surface area contributed by atoms with E-state index in [2.05, 4.69) is 0 Å². The van der Waals surface area contributed by atoms with E-state index in [-0.39, 0.29) is 18.3 Å². The molecule has 1 saturated heterocycles. The molecule has 1 aliphatic heterocycles. The minimum Gasteiger partial charge on any atom is -0.443 e. The van der Waals surface area contributed by atoms with E-state index in [0.717, 1.165) is 4.90 Å². The first-order valence-electron chi connectivity index (χ1n) is 4.86. The Bertz CT molecular complexity index is 407. The van der Waals surface area contributed by atoms with E-state index in [4.69, 9.17) is 16.3 Å². The van der Waals surface area contributed by atoms with Gasteiger partial charge >= 0.3 is 6.09 Å². The van der Waals surface area contributed by atoms with Gasteiger partial charge in [-0.1, -0.05) is 18.2 Å². The van der Waals surface area contributed by atoms with Gasteiger partial charge in [-0.2, -0.15) is 0 Å². The van der Waals surface area contributed by atoms with Crippen LogP contribution in [0.1, 0.15) is 10.4 Å². The van der Waals surface area contributed by atoms with Crippen molar-refractivity contribution in [2.45, 2.75) is 6.10 Å². The zero-order valence-corrected chi connectivity index (χ0v) is 9.18. The molecule has 0 unspecified atom stereocenters. The molecule has 1 aliphatic rings. The van der Waals surface area contributed by atoms with E-state index in [9.17, 15) is 9.59 Å². The fraction of sp³-hybridized carbons (Fsp3) is 0.273. The highest BCUT2D eigenvalue weighted by Gasteiger charge is 2.35. The maximum Gasteiger partial charge on any atom is 0.417 e. The second-order valence-corrected chi connectivity index (χ2v) is 3.75. The van der Waals surface area contributed by atoms with Crippen molar-refractivity contribution in [3.8, 4) is 0 Å². The number of ether oxygens (including phenoxy) is 1. The SMILES string of the molecule is O=C1O[C@H](CCl)CN1C(=O)c1ccccc1. The largest absolute Gasteiger partial charge is 0.443 e. The topological polar surface area (TPSA) is 46.6 Å². The fourth-order valence-electron chi connectivity index (χ4n) is 1.50. The lowest BCUT2D eigenvalue weighted by molar-refractivity contribution is 0.0809. The summed E-state index contributed by atoms with van der Waals surface area (Å²) in [5.74, 6) is -0.150. The van der Waals surface area contributed by atoms with Crippen molar-refractivity contribution in [3.63, 3.8) is 0 Å². The van der Waals surface area contributed by atoms with Crippen LogP contribution in [0.2, 0.25) is 0 Å². The molecule has 0 saturated carbocycles. The van der Waals surface area contributed by atoms with Crippen molar-refractivity contribution in [1.82, 2.24) is 4.90 Å². The zero-order chi connectivity index (χ0) is 11.5. The molecule has 1 heterocycles. The molecule has 0 radical (unpaired) electrons. The van der Waals surface area contributed by atoms with Crippen LogP contribution >= 0.6 is 11.6 Å². The molecule has 0 N–H and O–H groups in total. The molecule has 0 aromatic heterocycles. The Morgan fingerprint density at radius 2 is 2.12 bits per heavy atom. The van der Waals surface area contributed by atoms with Gasteiger partial charge in [-0.05, 0) is 12.1 Å². The Hall–Kier alpha value is -1.55. The van der Waals surface area contributed by atoms with Crippen molar-refractivity contribution in [1.29, 1.82) is 0 Å². The minimum atomic E-state index is -0.625. The first kappa shape index (κ1) is 11.0. The van der Waals surface area contributed by atoms with Gasteiger partial charge in [-0.15, -0.1) is 11.6 Å². The number of halogens is 1. The monoisotopic (exact) mass is 239 g/mol. The maximum atomic E-state index is 11.9. The number of benzene rings is 1. The van der Waals surface area contributed by atoms with Gasteiger partial charge in [0.1, 0.15) is 6.10 Å². The molecule has 5 heteroatoms. The van der Waals surface area contributed by atoms with Crippen LogP contribution in [0.15, 0.2) is 30.3 Å². The van der Waals surface area contributed by atoms with Crippen LogP contribution in [-0.2, 0) is 4.74 Å². The van der Waals surface area contributed by atoms with Crippen LogP contribution in [0.3, 0.4) is 0 Å². The normalized spacial score (nSPS) is 19.7. The van der Waals surface area contributed by atoms with Gasteiger partial charge < -0.3 is 4.74 Å². The summed E-state index contributed by atoms with van der Waals surface area (Å²) >= 11 is 5.57. The molecular weight excluding hydrogens is 230 g/mol. The molecule has 84 valence electrons. The Kier molecular flexibility index (Phi) is 3.10. The summed E-state index contributed by atoms with van der Waals surface area (Å²) in [6.07, 6.45) is -1.03. The molecule has 0 bridgehead atoms. The predicted molar refractivity (Wildman–Crippen MR) is 58.5 cm³/mol. The molecule has 1 aromatic carbocycles. The molecule has 0 aliphatic carbocycles. The Balaban J connectivity index is 2.15. The lowest BCUT2D eigenvalue weighted by Gasteiger charge is -2.10. The quantitative estimate of drug-likeness (QED) is 0.741. The number of carbonyl (C=O) groups excluding carboxylic acids is 2. The van der Waals surface area contributed by atoms with E-state index in [1.807, 2.05) is 0 Å². The van der Waals surface area contributed by atoms with Crippen molar-refractivity contribution in [3.05, 3.63) is 35.9 Å². The second kappa shape index (κ2) is 4.53. The number of rotatable bonds is 2. The maximum absolute atomic E-state index is 11.9. The van der Waals surface area contributed by atoms with E-state index in [1.54, 1.807) is 30.3 Å². The van der Waals surface area contributed by atoms with Gasteiger partial charge in [0, 0.05) is 5.56 Å². The zero-order valence-electron chi connectivity index (χ0n) is 8.43. The standard InChI is InChI=1S/C11H10ClNO3/c12-6-9-7-13(11(15)16-9)10(14)8-4-2-1-3-5-8/h1-5,9H,6-7H2/t9-/m1/s1. The lowest BCUT2D eigenvalue weighted by atomic mass is 10.2. The third-order valence-electron chi connectivity index (χ3n) is 2.31. The van der Waals surface area contributed by atoms with Gasteiger partial charge in [0.15, 0.2) is 0 Å². The first-order valence-corrected chi connectivity index (χ1v) is 5.39. The van der Waals surface area contributed by atoms with Crippen LogP contribution in [0.25, 0.3) is 0 Å². The highest BCUT2D eigenvalue weighted by Crippen LogP contribution is 2.15. The molecular formula is C11H10ClNO3. The van der Waals surface area contributed by atoms with Crippen molar-refractivity contribution >= 4 is 23.6 Å². The van der Waals surface area contributed by atoms with E-state index in [0.29, 0.717) is 5.56 Å². The molecule has 0 spiro atoms. The summed E-state index contributed by atoms with van der Waals surface area (Å²) < 4.78 is 4.90. The van der Waals surface area contributed by atoms with Crippen LogP contribution < -0.4 is 0 Å². The Morgan fingerprint density at radius 3 is 2.69 bits per heavy atom. The van der Waals surface area contributed by atoms with Crippen LogP contribution in [0, 0.1) is 0 Å². The summed E-state index contributed by atoms with van der Waals surface area (Å²) in [5, 5.41) is 0. The summed E-state index contributed by atoms with van der Waals surface area (Å²) in [6.45, 7) is 0.218. The van der Waals surface area contributed by atoms with Gasteiger partial charge in [0.2, 0.25) is 0 Å². The molecule has 1 aromatic rings. The van der Waals surface area contributed by atoms with Crippen molar-refractivity contribution in [2.24, 2.45) is 0 Å². The van der Waals surface area contributed by atoms with E-state index in [1.165, 1.54) is 0 Å². The van der Waals surface area contributed by atoms with E-state index < -0.39 is 12.2 Å². The number of alkyl halides is 1. The molecule has 1 atom stereocenters. The summed E-state index contributed by atoms with van der Waals surface area (Å²) in [6, 6.07) is 8.61. The molecule has 2 rings (SSSR count). The predicted octanol–water partition coefficient (Wildman–Crippen LogP) is 1.89. The highest BCUT2D eigenvalue weighted by atomic mass is 35.5. The summed E-state index contributed by atoms with van der Waals surface area (Å²) in [5.41, 5.74) is 0.467. The van der Waals surface area contributed by atoms with Crippen LogP contribution in [0.5, 0.6) is 0 Å². The lowest BCUT2D eigenvalue weighted by Crippen LogP contribution is -2.32. The molecule has 4 nitrogen and oxygen atoms in total. The number of hydrogen-bond donors (Lipinski definition) is 0. The number of hydrogen-bond acceptors (Lipinski definition) is 3. The minimum absolute atomic E-state index is 0.199.